The highest BCUT2D eigenvalue weighted by Crippen LogP contribution is 2.12. The lowest BCUT2D eigenvalue weighted by Crippen LogP contribution is -2.34. The highest BCUT2D eigenvalue weighted by Gasteiger charge is 2.05. The van der Waals surface area contributed by atoms with Gasteiger partial charge < -0.3 is 10.6 Å². The maximum Gasteiger partial charge on any atom is 0.251 e. The second-order valence-electron chi connectivity index (χ2n) is 5.24. The Bertz CT molecular complexity index is 702. The van der Waals surface area contributed by atoms with Crippen LogP contribution in [-0.4, -0.2) is 24.9 Å². The topological polar surface area (TPSA) is 58.2 Å². The van der Waals surface area contributed by atoms with E-state index in [-0.39, 0.29) is 11.8 Å². The molecule has 0 aliphatic heterocycles. The second-order valence-corrected chi connectivity index (χ2v) is 6.12. The van der Waals surface area contributed by atoms with Crippen LogP contribution < -0.4 is 10.6 Å². The summed E-state index contributed by atoms with van der Waals surface area (Å²) in [6.45, 7) is 0.748. The minimum absolute atomic E-state index is 0.0595. The van der Waals surface area contributed by atoms with Crippen LogP contribution in [0.5, 0.6) is 0 Å². The fourth-order valence-corrected chi connectivity index (χ4v) is 2.46. The minimum atomic E-state index is -0.195. The van der Waals surface area contributed by atoms with Crippen LogP contribution in [0.15, 0.2) is 48.5 Å². The lowest BCUT2D eigenvalue weighted by molar-refractivity contribution is -0.121. The summed E-state index contributed by atoms with van der Waals surface area (Å²) in [4.78, 5) is 23.6. The van der Waals surface area contributed by atoms with Gasteiger partial charge in [0.2, 0.25) is 5.91 Å². The van der Waals surface area contributed by atoms with Crippen molar-refractivity contribution in [2.75, 3.05) is 13.1 Å². The average Bonchev–Trinajstić information content (AvgIpc) is 2.57. The van der Waals surface area contributed by atoms with Crippen LogP contribution in [0.3, 0.4) is 0 Å². The molecule has 2 N–H and O–H groups in total. The summed E-state index contributed by atoms with van der Waals surface area (Å²) in [6.07, 6.45) is 1.01. The molecule has 0 aromatic heterocycles. The van der Waals surface area contributed by atoms with Crippen LogP contribution in [-0.2, 0) is 11.2 Å². The number of halogens is 2. The first-order valence-electron chi connectivity index (χ1n) is 7.59. The molecule has 2 aromatic carbocycles. The number of hydrogen-bond acceptors (Lipinski definition) is 2. The molecule has 0 spiro atoms. The Morgan fingerprint density at radius 1 is 0.875 bits per heavy atom. The summed E-state index contributed by atoms with van der Waals surface area (Å²) in [7, 11) is 0. The molecule has 24 heavy (non-hydrogen) atoms. The molecule has 6 heteroatoms. The number of rotatable bonds is 7. The molecule has 0 saturated heterocycles. The third kappa shape index (κ3) is 6.22. The number of hydrogen-bond donors (Lipinski definition) is 2. The zero-order valence-corrected chi connectivity index (χ0v) is 14.5. The molecule has 0 aliphatic rings. The first kappa shape index (κ1) is 18.3. The Kier molecular flexibility index (Phi) is 7.09. The van der Waals surface area contributed by atoms with Crippen molar-refractivity contribution in [3.63, 3.8) is 0 Å². The molecule has 2 rings (SSSR count). The van der Waals surface area contributed by atoms with Crippen molar-refractivity contribution in [1.29, 1.82) is 0 Å². The predicted molar refractivity (Wildman–Crippen MR) is 96.6 cm³/mol. The number of carbonyl (C=O) groups excluding carboxylic acids is 2. The highest BCUT2D eigenvalue weighted by atomic mass is 35.5. The molecule has 0 radical (unpaired) electrons. The Balaban J connectivity index is 1.64. The van der Waals surface area contributed by atoms with Gasteiger partial charge in [0.25, 0.3) is 5.91 Å². The Hall–Kier alpha value is -2.04. The number of carbonyl (C=O) groups is 2. The molecule has 0 aliphatic carbocycles. The standard InChI is InChI=1S/C18H18Cl2N2O2/c19-15-7-5-14(6-8-15)18(24)22-11-10-21-17(23)9-4-13-2-1-3-16(20)12-13/h1-3,5-8,12H,4,9-11H2,(H,21,23)(H,22,24). The van der Waals surface area contributed by atoms with Gasteiger partial charge in [0.1, 0.15) is 0 Å². The third-order valence-corrected chi connectivity index (χ3v) is 3.86. The summed E-state index contributed by atoms with van der Waals surface area (Å²) >= 11 is 11.7. The lowest BCUT2D eigenvalue weighted by atomic mass is 10.1. The molecule has 0 unspecified atom stereocenters. The minimum Gasteiger partial charge on any atom is -0.354 e. The van der Waals surface area contributed by atoms with Gasteiger partial charge in [-0.15, -0.1) is 0 Å². The fraction of sp³-hybridized carbons (Fsp3) is 0.222. The molecule has 2 amide bonds. The molecule has 0 atom stereocenters. The molecule has 0 heterocycles. The van der Waals surface area contributed by atoms with E-state index in [0.717, 1.165) is 5.56 Å². The van der Waals surface area contributed by atoms with Crippen LogP contribution in [0, 0.1) is 0 Å². The van der Waals surface area contributed by atoms with Gasteiger partial charge >= 0.3 is 0 Å². The van der Waals surface area contributed by atoms with E-state index in [1.807, 2.05) is 18.2 Å². The number of benzene rings is 2. The Labute approximate surface area is 151 Å². The third-order valence-electron chi connectivity index (χ3n) is 3.37. The van der Waals surface area contributed by atoms with E-state index >= 15 is 0 Å². The molecule has 126 valence electrons. The van der Waals surface area contributed by atoms with Gasteiger partial charge in [0, 0.05) is 35.1 Å². The van der Waals surface area contributed by atoms with Crippen LogP contribution in [0.25, 0.3) is 0 Å². The van der Waals surface area contributed by atoms with Crippen molar-refractivity contribution in [3.05, 3.63) is 69.7 Å². The van der Waals surface area contributed by atoms with Gasteiger partial charge in [-0.3, -0.25) is 9.59 Å². The van der Waals surface area contributed by atoms with Crippen molar-refractivity contribution >= 4 is 35.0 Å². The average molecular weight is 365 g/mol. The van der Waals surface area contributed by atoms with Crippen LogP contribution in [0.4, 0.5) is 0 Å². The summed E-state index contributed by atoms with van der Waals surface area (Å²) in [5, 5.41) is 6.76. The molecule has 2 aromatic rings. The van der Waals surface area contributed by atoms with Crippen LogP contribution >= 0.6 is 23.2 Å². The zero-order chi connectivity index (χ0) is 17.4. The van der Waals surface area contributed by atoms with Gasteiger partial charge in [0.05, 0.1) is 0 Å². The first-order valence-corrected chi connectivity index (χ1v) is 8.35. The monoisotopic (exact) mass is 364 g/mol. The van der Waals surface area contributed by atoms with E-state index in [4.69, 9.17) is 23.2 Å². The SMILES string of the molecule is O=C(CCc1cccc(Cl)c1)NCCNC(=O)c1ccc(Cl)cc1. The molecule has 4 nitrogen and oxygen atoms in total. The zero-order valence-electron chi connectivity index (χ0n) is 13.0. The second kappa shape index (κ2) is 9.30. The molecular weight excluding hydrogens is 347 g/mol. The van der Waals surface area contributed by atoms with Gasteiger partial charge in [-0.2, -0.15) is 0 Å². The van der Waals surface area contributed by atoms with Crippen molar-refractivity contribution in [1.82, 2.24) is 10.6 Å². The maximum absolute atomic E-state index is 11.9. The normalized spacial score (nSPS) is 10.2. The predicted octanol–water partition coefficient (Wildman–Crippen LogP) is 3.47. The molecular formula is C18H18Cl2N2O2. The molecule has 0 fully saturated rings. The Morgan fingerprint density at radius 2 is 1.58 bits per heavy atom. The van der Waals surface area contributed by atoms with Gasteiger partial charge in [-0.25, -0.2) is 0 Å². The molecule has 0 bridgehead atoms. The van der Waals surface area contributed by atoms with E-state index in [1.54, 1.807) is 30.3 Å². The maximum atomic E-state index is 11.9. The Morgan fingerprint density at radius 3 is 2.29 bits per heavy atom. The smallest absolute Gasteiger partial charge is 0.251 e. The van der Waals surface area contributed by atoms with E-state index in [0.29, 0.717) is 41.5 Å². The summed E-state index contributed by atoms with van der Waals surface area (Å²) < 4.78 is 0. The van der Waals surface area contributed by atoms with E-state index in [1.165, 1.54) is 0 Å². The van der Waals surface area contributed by atoms with Gasteiger partial charge in [0.15, 0.2) is 0 Å². The van der Waals surface area contributed by atoms with Crippen LogP contribution in [0.2, 0.25) is 10.0 Å². The quantitative estimate of drug-likeness (QED) is 0.739. The van der Waals surface area contributed by atoms with Gasteiger partial charge in [-0.1, -0.05) is 35.3 Å². The van der Waals surface area contributed by atoms with E-state index < -0.39 is 0 Å². The lowest BCUT2D eigenvalue weighted by Gasteiger charge is -2.07. The van der Waals surface area contributed by atoms with Crippen LogP contribution in [0.1, 0.15) is 22.3 Å². The number of amides is 2. The van der Waals surface area contributed by atoms with Gasteiger partial charge in [-0.05, 0) is 48.4 Å². The van der Waals surface area contributed by atoms with E-state index in [2.05, 4.69) is 10.6 Å². The fourth-order valence-electron chi connectivity index (χ4n) is 2.12. The van der Waals surface area contributed by atoms with Crippen molar-refractivity contribution in [2.45, 2.75) is 12.8 Å². The number of aryl methyl sites for hydroxylation is 1. The van der Waals surface area contributed by atoms with Crippen molar-refractivity contribution in [2.24, 2.45) is 0 Å². The summed E-state index contributed by atoms with van der Waals surface area (Å²) in [6, 6.07) is 14.1. The largest absolute Gasteiger partial charge is 0.354 e. The van der Waals surface area contributed by atoms with Crippen molar-refractivity contribution in [3.8, 4) is 0 Å². The first-order chi connectivity index (χ1) is 11.5. The number of nitrogens with one attached hydrogen (secondary N) is 2. The summed E-state index contributed by atoms with van der Waals surface area (Å²) in [5.74, 6) is -0.254. The van der Waals surface area contributed by atoms with E-state index in [9.17, 15) is 9.59 Å². The summed E-state index contributed by atoms with van der Waals surface area (Å²) in [5.41, 5.74) is 1.56. The van der Waals surface area contributed by atoms with Crippen molar-refractivity contribution < 1.29 is 9.59 Å². The highest BCUT2D eigenvalue weighted by molar-refractivity contribution is 6.30. The molecule has 0 saturated carbocycles.